The molecule has 26 heavy (non-hydrogen) atoms. The molecule has 3 aromatic rings. The topological polar surface area (TPSA) is 93.7 Å². The molecule has 0 spiro atoms. The van der Waals surface area contributed by atoms with Gasteiger partial charge in [-0.25, -0.2) is 9.78 Å². The fourth-order valence-electron chi connectivity index (χ4n) is 2.11. The summed E-state index contributed by atoms with van der Waals surface area (Å²) in [6.45, 7) is -0.0931. The lowest BCUT2D eigenvalue weighted by molar-refractivity contribution is -0.139. The summed E-state index contributed by atoms with van der Waals surface area (Å²) in [6.07, 6.45) is 4.54. The summed E-state index contributed by atoms with van der Waals surface area (Å²) >= 11 is 1.33. The monoisotopic (exact) mass is 367 g/mol. The Morgan fingerprint density at radius 1 is 1.35 bits per heavy atom. The van der Waals surface area contributed by atoms with E-state index < -0.39 is 5.97 Å². The predicted octanol–water partition coefficient (Wildman–Crippen LogP) is 2.41. The van der Waals surface area contributed by atoms with E-state index in [1.807, 2.05) is 6.07 Å². The second kappa shape index (κ2) is 8.09. The van der Waals surface area contributed by atoms with E-state index in [2.05, 4.69) is 4.98 Å². The third-order valence-corrected chi connectivity index (χ3v) is 4.07. The highest BCUT2D eigenvalue weighted by atomic mass is 32.1. The van der Waals surface area contributed by atoms with Gasteiger partial charge in [0, 0.05) is 23.7 Å². The first kappa shape index (κ1) is 17.4. The number of benzene rings is 1. The van der Waals surface area contributed by atoms with Crippen molar-refractivity contribution in [3.8, 4) is 11.8 Å². The Bertz CT molecular complexity index is 1040. The molecule has 0 radical (unpaired) electrons. The molecule has 2 aromatic heterocycles. The maximum atomic E-state index is 11.9. The third kappa shape index (κ3) is 4.34. The van der Waals surface area contributed by atoms with Gasteiger partial charge < -0.3 is 9.47 Å². The molecular formula is C18H13N3O4S. The molecule has 7 nitrogen and oxygen atoms in total. The average Bonchev–Trinajstić information content (AvgIpc) is 3.13. The number of ether oxygens (including phenoxy) is 2. The van der Waals surface area contributed by atoms with Gasteiger partial charge in [-0.15, -0.1) is 11.3 Å². The predicted molar refractivity (Wildman–Crippen MR) is 95.7 cm³/mol. The molecule has 0 N–H and O–H groups in total. The first-order chi connectivity index (χ1) is 12.7. The molecule has 3 rings (SSSR count). The molecule has 2 heterocycles. The second-order valence-electron chi connectivity index (χ2n) is 5.10. The van der Waals surface area contributed by atoms with Crippen molar-refractivity contribution >= 4 is 28.3 Å². The molecule has 0 saturated heterocycles. The van der Waals surface area contributed by atoms with Gasteiger partial charge in [0.25, 0.3) is 5.56 Å². The van der Waals surface area contributed by atoms with Crippen LogP contribution >= 0.6 is 11.3 Å². The first-order valence-corrected chi connectivity index (χ1v) is 8.44. The molecule has 0 amide bonds. The Labute approximate surface area is 152 Å². The Morgan fingerprint density at radius 3 is 2.92 bits per heavy atom. The number of esters is 1. The molecule has 1 aromatic carbocycles. The minimum absolute atomic E-state index is 0.0175. The lowest BCUT2D eigenvalue weighted by atomic mass is 10.2. The van der Waals surface area contributed by atoms with Crippen LogP contribution in [0.25, 0.3) is 11.0 Å². The van der Waals surface area contributed by atoms with Crippen molar-refractivity contribution in [3.05, 3.63) is 69.6 Å². The van der Waals surface area contributed by atoms with Crippen LogP contribution in [0, 0.1) is 11.3 Å². The summed E-state index contributed by atoms with van der Waals surface area (Å²) in [5, 5.41) is 10.2. The van der Waals surface area contributed by atoms with Gasteiger partial charge in [-0.2, -0.15) is 5.26 Å². The molecule has 0 aliphatic heterocycles. The third-order valence-electron chi connectivity index (χ3n) is 3.31. The molecule has 0 unspecified atom stereocenters. The van der Waals surface area contributed by atoms with E-state index in [0.717, 1.165) is 5.56 Å². The van der Waals surface area contributed by atoms with Crippen LogP contribution in [0.4, 0.5) is 0 Å². The van der Waals surface area contributed by atoms with Gasteiger partial charge in [0.15, 0.2) is 11.6 Å². The standard InChI is InChI=1S/C18H13N3O4S/c19-7-9-24-15-4-1-13(2-5-15)3-6-17(23)25-12-14-11-16(22)21-8-10-26-18(21)20-14/h1-6,8,10-11H,9,12H2/b6-3+. The van der Waals surface area contributed by atoms with Crippen molar-refractivity contribution < 1.29 is 14.3 Å². The summed E-state index contributed by atoms with van der Waals surface area (Å²) in [7, 11) is 0. The number of rotatable bonds is 6. The lowest BCUT2D eigenvalue weighted by Gasteiger charge is -2.02. The van der Waals surface area contributed by atoms with Crippen molar-refractivity contribution in [3.63, 3.8) is 0 Å². The Kier molecular flexibility index (Phi) is 5.41. The zero-order valence-corrected chi connectivity index (χ0v) is 14.3. The number of hydrogen-bond acceptors (Lipinski definition) is 7. The zero-order chi connectivity index (χ0) is 18.4. The van der Waals surface area contributed by atoms with Crippen LogP contribution in [0.15, 0.2) is 52.8 Å². The van der Waals surface area contributed by atoms with Crippen LogP contribution < -0.4 is 10.3 Å². The van der Waals surface area contributed by atoms with E-state index in [4.69, 9.17) is 14.7 Å². The summed E-state index contributed by atoms with van der Waals surface area (Å²) < 4.78 is 11.7. The maximum Gasteiger partial charge on any atom is 0.331 e. The quantitative estimate of drug-likeness (QED) is 0.491. The summed E-state index contributed by atoms with van der Waals surface area (Å²) in [5.74, 6) is 0.0376. The van der Waals surface area contributed by atoms with Gasteiger partial charge >= 0.3 is 5.97 Å². The van der Waals surface area contributed by atoms with E-state index in [-0.39, 0.29) is 18.8 Å². The van der Waals surface area contributed by atoms with E-state index in [0.29, 0.717) is 16.4 Å². The van der Waals surface area contributed by atoms with Gasteiger partial charge in [0.1, 0.15) is 18.4 Å². The van der Waals surface area contributed by atoms with Gasteiger partial charge in [-0.1, -0.05) is 12.1 Å². The van der Waals surface area contributed by atoms with Crippen molar-refractivity contribution in [1.82, 2.24) is 9.38 Å². The SMILES string of the molecule is N#CCOc1ccc(/C=C/C(=O)OCc2cc(=O)n3ccsc3n2)cc1. The van der Waals surface area contributed by atoms with Crippen LogP contribution in [0.2, 0.25) is 0 Å². The number of hydrogen-bond donors (Lipinski definition) is 0. The number of fused-ring (bicyclic) bond motifs is 1. The minimum atomic E-state index is -0.539. The highest BCUT2D eigenvalue weighted by Gasteiger charge is 2.05. The molecule has 0 bridgehead atoms. The second-order valence-corrected chi connectivity index (χ2v) is 5.97. The van der Waals surface area contributed by atoms with Crippen molar-refractivity contribution in [2.45, 2.75) is 6.61 Å². The van der Waals surface area contributed by atoms with Crippen molar-refractivity contribution in [2.75, 3.05) is 6.61 Å². The first-order valence-electron chi connectivity index (χ1n) is 7.56. The smallest absolute Gasteiger partial charge is 0.331 e. The van der Waals surface area contributed by atoms with Gasteiger partial charge in [0.2, 0.25) is 0 Å². The molecule has 0 saturated carbocycles. The Morgan fingerprint density at radius 2 is 2.15 bits per heavy atom. The average molecular weight is 367 g/mol. The maximum absolute atomic E-state index is 11.9. The number of carbonyl (C=O) groups is 1. The number of carbonyl (C=O) groups excluding carboxylic acids is 1. The molecular weight excluding hydrogens is 354 g/mol. The number of nitriles is 1. The van der Waals surface area contributed by atoms with E-state index in [1.165, 1.54) is 27.9 Å². The van der Waals surface area contributed by atoms with Gasteiger partial charge in [0.05, 0.1) is 5.69 Å². The number of thiazole rings is 1. The molecule has 0 aliphatic carbocycles. The number of nitrogens with zero attached hydrogens (tertiary/aromatic N) is 3. The molecule has 0 atom stereocenters. The molecule has 0 fully saturated rings. The van der Waals surface area contributed by atoms with E-state index >= 15 is 0 Å². The van der Waals surface area contributed by atoms with Crippen LogP contribution in [0.5, 0.6) is 5.75 Å². The zero-order valence-electron chi connectivity index (χ0n) is 13.5. The normalized spacial score (nSPS) is 10.7. The fourth-order valence-corrected chi connectivity index (χ4v) is 2.85. The Balaban J connectivity index is 1.57. The highest BCUT2D eigenvalue weighted by molar-refractivity contribution is 7.15. The minimum Gasteiger partial charge on any atom is -0.479 e. The van der Waals surface area contributed by atoms with Crippen molar-refractivity contribution in [1.29, 1.82) is 5.26 Å². The van der Waals surface area contributed by atoms with E-state index in [9.17, 15) is 9.59 Å². The number of aromatic nitrogens is 2. The van der Waals surface area contributed by atoms with Gasteiger partial charge in [-0.05, 0) is 23.8 Å². The molecule has 8 heteroatoms. The van der Waals surface area contributed by atoms with Crippen LogP contribution in [-0.4, -0.2) is 22.0 Å². The van der Waals surface area contributed by atoms with Gasteiger partial charge in [-0.3, -0.25) is 9.20 Å². The fraction of sp³-hybridized carbons (Fsp3) is 0.111. The summed E-state index contributed by atoms with van der Waals surface area (Å²) in [6, 6.07) is 10.1. The van der Waals surface area contributed by atoms with Crippen molar-refractivity contribution in [2.24, 2.45) is 0 Å². The van der Waals surface area contributed by atoms with Crippen LogP contribution in [-0.2, 0) is 16.1 Å². The lowest BCUT2D eigenvalue weighted by Crippen LogP contribution is -2.14. The summed E-state index contributed by atoms with van der Waals surface area (Å²) in [4.78, 5) is 28.5. The highest BCUT2D eigenvalue weighted by Crippen LogP contribution is 2.13. The van der Waals surface area contributed by atoms with Crippen LogP contribution in [0.1, 0.15) is 11.3 Å². The molecule has 0 aliphatic rings. The van der Waals surface area contributed by atoms with E-state index in [1.54, 1.807) is 41.9 Å². The summed E-state index contributed by atoms with van der Waals surface area (Å²) in [5.41, 5.74) is 0.970. The largest absolute Gasteiger partial charge is 0.479 e. The van der Waals surface area contributed by atoms with Crippen LogP contribution in [0.3, 0.4) is 0 Å². The molecule has 130 valence electrons. The Hall–Kier alpha value is -3.44.